The molecule has 0 saturated carbocycles. The molecule has 2 heteroatoms. The van der Waals surface area contributed by atoms with Crippen LogP contribution in [-0.4, -0.2) is 20.9 Å². The summed E-state index contributed by atoms with van der Waals surface area (Å²) in [7, 11) is 5.65. The third-order valence-electron chi connectivity index (χ3n) is 2.74. The molecule has 0 N–H and O–H groups in total. The highest BCUT2D eigenvalue weighted by Crippen LogP contribution is 2.24. The van der Waals surface area contributed by atoms with Gasteiger partial charge in [-0.3, -0.25) is 0 Å². The van der Waals surface area contributed by atoms with E-state index in [9.17, 15) is 0 Å². The molecule has 1 aliphatic rings. The van der Waals surface area contributed by atoms with Crippen molar-refractivity contribution in [3.8, 4) is 0 Å². The van der Waals surface area contributed by atoms with Crippen LogP contribution in [-0.2, 0) is 0 Å². The van der Waals surface area contributed by atoms with Gasteiger partial charge in [-0.05, 0) is 24.5 Å². The molecule has 1 aromatic rings. The van der Waals surface area contributed by atoms with Gasteiger partial charge in [-0.2, -0.15) is 0 Å². The largest absolute Gasteiger partial charge is 0.371 e. The molecular weight excluding hydrogens is 181 g/mol. The molecule has 0 bridgehead atoms. The molecule has 1 fully saturated rings. The zero-order chi connectivity index (χ0) is 11.1. The summed E-state index contributed by atoms with van der Waals surface area (Å²) in [5.74, 6) is 0.695. The normalized spacial score (nSPS) is 19.6. The molecule has 0 amide bonds. The average molecular weight is 201 g/mol. The van der Waals surface area contributed by atoms with Gasteiger partial charge in [-0.1, -0.05) is 38.4 Å². The van der Waals surface area contributed by atoms with Crippen LogP contribution in [0, 0.1) is 5.92 Å². The maximum absolute atomic E-state index is 5.65. The van der Waals surface area contributed by atoms with Gasteiger partial charge in [-0.25, -0.2) is 0 Å². The quantitative estimate of drug-likeness (QED) is 0.664. The van der Waals surface area contributed by atoms with Gasteiger partial charge in [0.2, 0.25) is 0 Å². The maximum Gasteiger partial charge on any atom is 0.0657 e. The number of hydrogen-bond acceptors (Lipinski definition) is 1. The summed E-state index contributed by atoms with van der Waals surface area (Å²) in [5.41, 5.74) is 1.33. The molecule has 2 rings (SSSR count). The Hall–Kier alpha value is -0.915. The molecule has 0 spiro atoms. The Bertz CT molecular complexity index is 260. The van der Waals surface area contributed by atoms with Crippen LogP contribution >= 0.6 is 0 Å². The number of rotatable bonds is 2. The van der Waals surface area contributed by atoms with Gasteiger partial charge >= 0.3 is 0 Å². The van der Waals surface area contributed by atoms with Gasteiger partial charge in [-0.15, -0.1) is 0 Å². The number of para-hydroxylation sites is 1. The Morgan fingerprint density at radius 3 is 2.47 bits per heavy atom. The minimum absolute atomic E-state index is 0.695. The summed E-state index contributed by atoms with van der Waals surface area (Å²) < 4.78 is 0. The van der Waals surface area contributed by atoms with E-state index in [4.69, 9.17) is 7.85 Å². The van der Waals surface area contributed by atoms with Crippen molar-refractivity contribution in [2.24, 2.45) is 5.92 Å². The van der Waals surface area contributed by atoms with E-state index in [-0.39, 0.29) is 0 Å². The molecule has 0 aromatic heterocycles. The molecule has 1 aliphatic heterocycles. The summed E-state index contributed by atoms with van der Waals surface area (Å²) in [6.07, 6.45) is 2.06. The van der Waals surface area contributed by atoms with Crippen LogP contribution in [0.2, 0.25) is 6.32 Å². The average Bonchev–Trinajstić information content (AvgIpc) is 2.81. The third kappa shape index (κ3) is 3.30. The lowest BCUT2D eigenvalue weighted by atomic mass is 9.91. The van der Waals surface area contributed by atoms with E-state index >= 15 is 0 Å². The highest BCUT2D eigenvalue weighted by Gasteiger charge is 2.20. The molecule has 15 heavy (non-hydrogen) atoms. The lowest BCUT2D eigenvalue weighted by Gasteiger charge is -2.18. The molecule has 0 aliphatic carbocycles. The topological polar surface area (TPSA) is 3.24 Å². The van der Waals surface area contributed by atoms with Crippen LogP contribution < -0.4 is 4.90 Å². The lowest BCUT2D eigenvalue weighted by molar-refractivity contribution is 0.658. The fourth-order valence-corrected chi connectivity index (χ4v) is 1.90. The zero-order valence-electron chi connectivity index (χ0n) is 9.82. The molecule has 1 atom stereocenters. The first kappa shape index (κ1) is 12.2. The second kappa shape index (κ2) is 6.55. The van der Waals surface area contributed by atoms with E-state index in [0.29, 0.717) is 5.92 Å². The van der Waals surface area contributed by atoms with Crippen LogP contribution in [0.5, 0.6) is 0 Å². The van der Waals surface area contributed by atoms with Crippen molar-refractivity contribution >= 4 is 13.5 Å². The smallest absolute Gasteiger partial charge is 0.0657 e. The third-order valence-corrected chi connectivity index (χ3v) is 2.74. The van der Waals surface area contributed by atoms with Crippen molar-refractivity contribution in [1.29, 1.82) is 0 Å². The van der Waals surface area contributed by atoms with Crippen LogP contribution in [0.25, 0.3) is 0 Å². The summed E-state index contributed by atoms with van der Waals surface area (Å²) >= 11 is 0. The van der Waals surface area contributed by atoms with E-state index in [1.54, 1.807) is 0 Å². The van der Waals surface area contributed by atoms with Gasteiger partial charge in [0.25, 0.3) is 0 Å². The molecule has 2 radical (unpaired) electrons. The van der Waals surface area contributed by atoms with Crippen LogP contribution in [0.4, 0.5) is 5.69 Å². The Kier molecular flexibility index (Phi) is 5.31. The molecule has 1 unspecified atom stereocenters. The minimum Gasteiger partial charge on any atom is -0.371 e. The van der Waals surface area contributed by atoms with Crippen LogP contribution in [0.3, 0.4) is 0 Å². The molecular formula is C13H20BN. The van der Waals surface area contributed by atoms with Crippen molar-refractivity contribution in [3.63, 3.8) is 0 Å². The number of nitrogens with zero attached hydrogens (tertiary/aromatic N) is 1. The van der Waals surface area contributed by atoms with E-state index in [0.717, 1.165) is 19.4 Å². The Labute approximate surface area is 94.9 Å². The van der Waals surface area contributed by atoms with Crippen molar-refractivity contribution in [1.82, 2.24) is 0 Å². The predicted octanol–water partition coefficient (Wildman–Crippen LogP) is 3.13. The fraction of sp³-hybridized carbons (Fsp3) is 0.538. The number of anilines is 1. The molecule has 1 nitrogen and oxygen atoms in total. The van der Waals surface area contributed by atoms with Crippen molar-refractivity contribution in [3.05, 3.63) is 30.3 Å². The summed E-state index contributed by atoms with van der Waals surface area (Å²) in [6.45, 7) is 6.28. The SMILES string of the molecule is CC.[B]CC1CCN(c2ccccc2)C1. The summed E-state index contributed by atoms with van der Waals surface area (Å²) in [4.78, 5) is 2.41. The van der Waals surface area contributed by atoms with E-state index in [1.807, 2.05) is 13.8 Å². The Morgan fingerprint density at radius 2 is 1.93 bits per heavy atom. The van der Waals surface area contributed by atoms with Gasteiger partial charge in [0, 0.05) is 18.8 Å². The first-order valence-electron chi connectivity index (χ1n) is 5.90. The van der Waals surface area contributed by atoms with Crippen molar-refractivity contribution in [2.45, 2.75) is 26.6 Å². The maximum atomic E-state index is 5.65. The standard InChI is InChI=1S/C11H14BN.C2H6/c12-8-10-6-7-13(9-10)11-4-2-1-3-5-11;1-2/h1-5,10H,6-9H2;1-2H3. The molecule has 1 heterocycles. The summed E-state index contributed by atoms with van der Waals surface area (Å²) in [6, 6.07) is 10.6. The molecule has 1 saturated heterocycles. The summed E-state index contributed by atoms with van der Waals surface area (Å²) in [5, 5.41) is 0. The van der Waals surface area contributed by atoms with Crippen LogP contribution in [0.1, 0.15) is 20.3 Å². The second-order valence-electron chi connectivity index (χ2n) is 3.67. The Balaban J connectivity index is 0.000000531. The van der Waals surface area contributed by atoms with Crippen molar-refractivity contribution in [2.75, 3.05) is 18.0 Å². The highest BCUT2D eigenvalue weighted by molar-refractivity contribution is 6.08. The Morgan fingerprint density at radius 1 is 1.27 bits per heavy atom. The van der Waals surface area contributed by atoms with E-state index < -0.39 is 0 Å². The first-order chi connectivity index (χ1) is 7.40. The highest BCUT2D eigenvalue weighted by atomic mass is 15.1. The number of hydrogen-bond donors (Lipinski definition) is 0. The molecule has 80 valence electrons. The number of benzene rings is 1. The van der Waals surface area contributed by atoms with E-state index in [2.05, 4.69) is 35.2 Å². The fourth-order valence-electron chi connectivity index (χ4n) is 1.90. The zero-order valence-corrected chi connectivity index (χ0v) is 9.82. The van der Waals surface area contributed by atoms with Gasteiger partial charge < -0.3 is 4.90 Å². The predicted molar refractivity (Wildman–Crippen MR) is 68.7 cm³/mol. The van der Waals surface area contributed by atoms with Gasteiger partial charge in [0.15, 0.2) is 0 Å². The van der Waals surface area contributed by atoms with Crippen molar-refractivity contribution < 1.29 is 0 Å². The van der Waals surface area contributed by atoms with Crippen LogP contribution in [0.15, 0.2) is 30.3 Å². The van der Waals surface area contributed by atoms with E-state index in [1.165, 1.54) is 12.1 Å². The van der Waals surface area contributed by atoms with Gasteiger partial charge in [0.1, 0.15) is 0 Å². The monoisotopic (exact) mass is 201 g/mol. The minimum atomic E-state index is 0.695. The second-order valence-corrected chi connectivity index (χ2v) is 3.67. The first-order valence-corrected chi connectivity index (χ1v) is 5.90. The molecule has 1 aromatic carbocycles. The lowest BCUT2D eigenvalue weighted by Crippen LogP contribution is -2.19. The van der Waals surface area contributed by atoms with Gasteiger partial charge in [0.05, 0.1) is 7.85 Å².